The van der Waals surface area contributed by atoms with Crippen LogP contribution in [0.5, 0.6) is 11.5 Å². The third-order valence-corrected chi connectivity index (χ3v) is 7.17. The molecule has 0 saturated carbocycles. The van der Waals surface area contributed by atoms with Crippen molar-refractivity contribution in [3.05, 3.63) is 65.1 Å². The van der Waals surface area contributed by atoms with Crippen molar-refractivity contribution in [3.63, 3.8) is 0 Å². The number of benzene rings is 2. The number of aromatic nitrogens is 4. The standard InChI is InChI=1S/C33H42N6O5/c1-9-39-22(3)24(19-34-39)20-38(8)31(41)29-26-18-25(40)12-13-27(26)35-30(36-29)23-11-14-28(21(2)17-23)43-16-10-15-37(7)32(42)44-33(4,5)6/h11-14,17-19,40H,9-10,15-16,20H2,1-8H3. The molecule has 0 radical (unpaired) electrons. The second-order valence-corrected chi connectivity index (χ2v) is 11.9. The minimum absolute atomic E-state index is 0.0280. The molecule has 1 N–H and O–H groups in total. The lowest BCUT2D eigenvalue weighted by atomic mass is 10.1. The van der Waals surface area contributed by atoms with E-state index in [4.69, 9.17) is 19.4 Å². The molecule has 0 saturated heterocycles. The van der Waals surface area contributed by atoms with Gasteiger partial charge in [-0.15, -0.1) is 0 Å². The van der Waals surface area contributed by atoms with Crippen LogP contribution in [0.3, 0.4) is 0 Å². The summed E-state index contributed by atoms with van der Waals surface area (Å²) < 4.78 is 13.3. The molecular formula is C33H42N6O5. The summed E-state index contributed by atoms with van der Waals surface area (Å²) in [5, 5.41) is 15.1. The number of fused-ring (bicyclic) bond motifs is 1. The van der Waals surface area contributed by atoms with Crippen LogP contribution in [-0.2, 0) is 17.8 Å². The van der Waals surface area contributed by atoms with Gasteiger partial charge in [0.15, 0.2) is 5.82 Å². The molecule has 0 unspecified atom stereocenters. The van der Waals surface area contributed by atoms with Crippen LogP contribution in [-0.4, -0.2) is 79.5 Å². The maximum absolute atomic E-state index is 13.7. The Bertz CT molecular complexity index is 1660. The largest absolute Gasteiger partial charge is 0.508 e. The molecule has 0 aliphatic carbocycles. The first-order valence-corrected chi connectivity index (χ1v) is 14.7. The van der Waals surface area contributed by atoms with Gasteiger partial charge in [0.05, 0.1) is 18.3 Å². The van der Waals surface area contributed by atoms with Crippen LogP contribution in [0.2, 0.25) is 0 Å². The number of phenolic OH excluding ortho intramolecular Hbond substituents is 1. The molecule has 0 atom stereocenters. The fourth-order valence-corrected chi connectivity index (χ4v) is 4.74. The highest BCUT2D eigenvalue weighted by molar-refractivity contribution is 6.05. The van der Waals surface area contributed by atoms with Gasteiger partial charge >= 0.3 is 6.09 Å². The number of carbonyl (C=O) groups excluding carboxylic acids is 2. The van der Waals surface area contributed by atoms with Crippen LogP contribution < -0.4 is 4.74 Å². The van der Waals surface area contributed by atoms with E-state index in [-0.39, 0.29) is 23.4 Å². The zero-order chi connectivity index (χ0) is 32.2. The van der Waals surface area contributed by atoms with Gasteiger partial charge < -0.3 is 24.4 Å². The zero-order valence-corrected chi connectivity index (χ0v) is 26.8. The highest BCUT2D eigenvalue weighted by Gasteiger charge is 2.22. The molecule has 0 bridgehead atoms. The van der Waals surface area contributed by atoms with Gasteiger partial charge in [-0.25, -0.2) is 14.8 Å². The second kappa shape index (κ2) is 13.3. The van der Waals surface area contributed by atoms with Gasteiger partial charge in [0, 0.05) is 55.9 Å². The van der Waals surface area contributed by atoms with E-state index in [1.807, 2.05) is 64.4 Å². The van der Waals surface area contributed by atoms with E-state index in [0.717, 1.165) is 28.9 Å². The third-order valence-electron chi connectivity index (χ3n) is 7.17. The minimum Gasteiger partial charge on any atom is -0.508 e. The Morgan fingerprint density at radius 3 is 2.43 bits per heavy atom. The normalized spacial score (nSPS) is 11.5. The zero-order valence-electron chi connectivity index (χ0n) is 26.8. The van der Waals surface area contributed by atoms with Crippen molar-refractivity contribution in [2.45, 2.75) is 66.7 Å². The molecule has 4 aromatic rings. The summed E-state index contributed by atoms with van der Waals surface area (Å²) in [6, 6.07) is 10.4. The summed E-state index contributed by atoms with van der Waals surface area (Å²) >= 11 is 0. The number of carbonyl (C=O) groups is 2. The molecule has 2 aromatic carbocycles. The Morgan fingerprint density at radius 1 is 1.02 bits per heavy atom. The lowest BCUT2D eigenvalue weighted by Crippen LogP contribution is -2.35. The number of nitrogens with zero attached hydrogens (tertiary/aromatic N) is 6. The van der Waals surface area contributed by atoms with Crippen molar-refractivity contribution in [3.8, 4) is 22.9 Å². The van der Waals surface area contributed by atoms with E-state index in [1.54, 1.807) is 37.3 Å². The summed E-state index contributed by atoms with van der Waals surface area (Å²) in [6.07, 6.45) is 2.05. The second-order valence-electron chi connectivity index (χ2n) is 11.9. The number of aromatic hydroxyl groups is 1. The Kier molecular flexibility index (Phi) is 9.76. The van der Waals surface area contributed by atoms with E-state index in [9.17, 15) is 14.7 Å². The highest BCUT2D eigenvalue weighted by atomic mass is 16.6. The van der Waals surface area contributed by atoms with Crippen LogP contribution in [0.25, 0.3) is 22.3 Å². The first kappa shape index (κ1) is 32.2. The quantitative estimate of drug-likeness (QED) is 0.228. The van der Waals surface area contributed by atoms with Crippen LogP contribution in [0.1, 0.15) is 61.4 Å². The topological polar surface area (TPSA) is 123 Å². The molecule has 11 heteroatoms. The number of hydrogen-bond acceptors (Lipinski definition) is 8. The first-order chi connectivity index (χ1) is 20.8. The molecule has 0 spiro atoms. The molecule has 2 amide bonds. The van der Waals surface area contributed by atoms with Gasteiger partial charge in [-0.3, -0.25) is 9.48 Å². The number of aryl methyl sites for hydroxylation is 2. The summed E-state index contributed by atoms with van der Waals surface area (Å²) in [5.41, 5.74) is 3.78. The van der Waals surface area contributed by atoms with E-state index >= 15 is 0 Å². The average Bonchev–Trinajstić information content (AvgIpc) is 3.32. The number of hydrogen-bond donors (Lipinski definition) is 1. The van der Waals surface area contributed by atoms with Crippen LogP contribution in [0.4, 0.5) is 4.79 Å². The Morgan fingerprint density at radius 2 is 1.77 bits per heavy atom. The van der Waals surface area contributed by atoms with Crippen molar-refractivity contribution in [2.75, 3.05) is 27.2 Å². The maximum atomic E-state index is 13.7. The third kappa shape index (κ3) is 7.64. The predicted octanol–water partition coefficient (Wildman–Crippen LogP) is 5.74. The van der Waals surface area contributed by atoms with Crippen LogP contribution >= 0.6 is 0 Å². The lowest BCUT2D eigenvalue weighted by molar-refractivity contribution is 0.0292. The number of phenols is 1. The van der Waals surface area contributed by atoms with Crippen molar-refractivity contribution in [2.24, 2.45) is 0 Å². The van der Waals surface area contributed by atoms with Crippen molar-refractivity contribution in [1.29, 1.82) is 0 Å². The molecule has 11 nitrogen and oxygen atoms in total. The van der Waals surface area contributed by atoms with E-state index < -0.39 is 5.60 Å². The first-order valence-electron chi connectivity index (χ1n) is 14.7. The van der Waals surface area contributed by atoms with Crippen molar-refractivity contribution in [1.82, 2.24) is 29.5 Å². The Balaban J connectivity index is 1.51. The minimum atomic E-state index is -0.542. The fourth-order valence-electron chi connectivity index (χ4n) is 4.74. The van der Waals surface area contributed by atoms with Crippen molar-refractivity contribution >= 4 is 22.9 Å². The van der Waals surface area contributed by atoms with E-state index in [2.05, 4.69) is 5.10 Å². The molecule has 0 aliphatic rings. The summed E-state index contributed by atoms with van der Waals surface area (Å²) in [5.74, 6) is 0.836. The van der Waals surface area contributed by atoms with Crippen molar-refractivity contribution < 1.29 is 24.2 Å². The Hall–Kier alpha value is -4.67. The molecule has 4 rings (SSSR count). The summed E-state index contributed by atoms with van der Waals surface area (Å²) in [4.78, 5) is 38.5. The van der Waals surface area contributed by atoms with Gasteiger partial charge in [-0.1, -0.05) is 0 Å². The lowest BCUT2D eigenvalue weighted by Gasteiger charge is -2.24. The van der Waals surface area contributed by atoms with Gasteiger partial charge in [0.1, 0.15) is 22.8 Å². The predicted molar refractivity (Wildman–Crippen MR) is 169 cm³/mol. The smallest absolute Gasteiger partial charge is 0.410 e. The maximum Gasteiger partial charge on any atom is 0.410 e. The van der Waals surface area contributed by atoms with Gasteiger partial charge in [-0.05, 0) is 89.9 Å². The van der Waals surface area contributed by atoms with E-state index in [1.165, 1.54) is 11.0 Å². The van der Waals surface area contributed by atoms with Crippen LogP contribution in [0, 0.1) is 13.8 Å². The SMILES string of the molecule is CCn1ncc(CN(C)C(=O)c2nc(-c3ccc(OCCCN(C)C(=O)OC(C)(C)C)c(C)c3)nc3ccc(O)cc23)c1C. The molecular weight excluding hydrogens is 560 g/mol. The molecule has 2 aromatic heterocycles. The number of amides is 2. The summed E-state index contributed by atoms with van der Waals surface area (Å²) in [7, 11) is 3.43. The molecule has 2 heterocycles. The van der Waals surface area contributed by atoms with Gasteiger partial charge in [0.25, 0.3) is 5.91 Å². The van der Waals surface area contributed by atoms with Gasteiger partial charge in [-0.2, -0.15) is 5.10 Å². The molecule has 0 aliphatic heterocycles. The monoisotopic (exact) mass is 602 g/mol. The fraction of sp³-hybridized carbons (Fsp3) is 0.424. The number of ether oxygens (including phenoxy) is 2. The molecule has 234 valence electrons. The van der Waals surface area contributed by atoms with Gasteiger partial charge in [0.2, 0.25) is 0 Å². The summed E-state index contributed by atoms with van der Waals surface area (Å²) in [6.45, 7) is 13.5. The van der Waals surface area contributed by atoms with E-state index in [0.29, 0.717) is 48.6 Å². The Labute approximate surface area is 258 Å². The molecule has 0 fully saturated rings. The average molecular weight is 603 g/mol. The number of rotatable bonds is 10. The highest BCUT2D eigenvalue weighted by Crippen LogP contribution is 2.29. The molecule has 44 heavy (non-hydrogen) atoms. The van der Waals surface area contributed by atoms with Crippen LogP contribution in [0.15, 0.2) is 42.6 Å².